The van der Waals surface area contributed by atoms with Gasteiger partial charge in [0.25, 0.3) is 0 Å². The van der Waals surface area contributed by atoms with Gasteiger partial charge in [-0.15, -0.1) is 0 Å². The van der Waals surface area contributed by atoms with Gasteiger partial charge in [0.05, 0.1) is 17.9 Å². The fourth-order valence-corrected chi connectivity index (χ4v) is 1.51. The van der Waals surface area contributed by atoms with Crippen molar-refractivity contribution in [2.45, 2.75) is 46.3 Å². The Morgan fingerprint density at radius 3 is 2.43 bits per heavy atom. The second-order valence-corrected chi connectivity index (χ2v) is 4.99. The van der Waals surface area contributed by atoms with Crippen LogP contribution in [-0.2, 0) is 20.9 Å². The van der Waals surface area contributed by atoms with Gasteiger partial charge in [0.1, 0.15) is 10.8 Å². The Hall–Kier alpha value is -1.34. The molecule has 118 valence electrons. The molecule has 0 aliphatic heterocycles. The summed E-state index contributed by atoms with van der Waals surface area (Å²) in [6, 6.07) is 6.72. The predicted molar refractivity (Wildman–Crippen MR) is 79.1 cm³/mol. The smallest absolute Gasteiger partial charge is 0.325 e. The molecule has 0 spiro atoms. The van der Waals surface area contributed by atoms with Gasteiger partial charge in [0.2, 0.25) is 0 Å². The molecule has 0 amide bonds. The maximum absolute atomic E-state index is 11.5. The van der Waals surface area contributed by atoms with Crippen molar-refractivity contribution >= 4 is 17.7 Å². The molecule has 0 aromatic heterocycles. The number of nitrogens with one attached hydrogen (secondary N) is 1. The van der Waals surface area contributed by atoms with Gasteiger partial charge in [-0.3, -0.25) is 4.79 Å². The normalized spacial score (nSPS) is 12.5. The molecule has 0 radical (unpaired) electrons. The third-order valence-corrected chi connectivity index (χ3v) is 2.65. The Morgan fingerprint density at radius 1 is 1.29 bits per heavy atom. The van der Waals surface area contributed by atoms with Crippen LogP contribution in [-0.4, -0.2) is 22.9 Å². The first-order valence-electron chi connectivity index (χ1n) is 6.78. The number of carbonyl (C=O) groups excluding carboxylic acids is 1. The van der Waals surface area contributed by atoms with Crippen molar-refractivity contribution in [3.63, 3.8) is 0 Å². The Morgan fingerprint density at radius 2 is 1.90 bits per heavy atom. The number of nitrogens with zero attached hydrogens (tertiary/aromatic N) is 1. The number of hydrogen-bond acceptors (Lipinski definition) is 6. The van der Waals surface area contributed by atoms with E-state index >= 15 is 0 Å². The third kappa shape index (κ3) is 6.77. The van der Waals surface area contributed by atoms with E-state index in [1.54, 1.807) is 32.9 Å². The highest BCUT2D eigenvalue weighted by atomic mass is 35.5. The lowest BCUT2D eigenvalue weighted by atomic mass is 10.2. The summed E-state index contributed by atoms with van der Waals surface area (Å²) in [4.78, 5) is 21.6. The summed E-state index contributed by atoms with van der Waals surface area (Å²) < 4.78 is 5.62. The Bertz CT molecular complexity index is 439. The maximum Gasteiger partial charge on any atom is 0.325 e. The molecule has 0 saturated heterocycles. The van der Waals surface area contributed by atoms with Gasteiger partial charge in [0.15, 0.2) is 5.75 Å². The Balaban J connectivity index is 2.35. The molecule has 1 rings (SSSR count). The molecular weight excluding hydrogens is 296 g/mol. The fraction of sp³-hybridized carbons (Fsp3) is 0.500. The van der Waals surface area contributed by atoms with Gasteiger partial charge < -0.3 is 9.57 Å². The van der Waals surface area contributed by atoms with Crippen molar-refractivity contribution in [1.82, 2.24) is 10.2 Å². The van der Waals surface area contributed by atoms with E-state index in [0.29, 0.717) is 10.5 Å². The zero-order valence-corrected chi connectivity index (χ0v) is 13.4. The number of benzene rings is 1. The largest absolute Gasteiger partial charge is 0.462 e. The lowest BCUT2D eigenvalue weighted by Gasteiger charge is -2.18. The number of rotatable bonds is 8. The van der Waals surface area contributed by atoms with Crippen LogP contribution in [0.3, 0.4) is 0 Å². The number of halogens is 1. The minimum atomic E-state index is -0.681. The quantitative estimate of drug-likeness (QED) is 0.452. The van der Waals surface area contributed by atoms with Crippen molar-refractivity contribution in [1.29, 1.82) is 0 Å². The predicted octanol–water partition coefficient (Wildman–Crippen LogP) is 2.77. The molecule has 0 heterocycles. The molecule has 6 nitrogen and oxygen atoms in total. The van der Waals surface area contributed by atoms with Crippen LogP contribution in [0.15, 0.2) is 24.3 Å². The number of esters is 1. The van der Waals surface area contributed by atoms with Crippen molar-refractivity contribution in [3.8, 4) is 5.75 Å². The lowest BCUT2D eigenvalue weighted by Crippen LogP contribution is -2.40. The van der Waals surface area contributed by atoms with Crippen molar-refractivity contribution in [2.24, 2.45) is 0 Å². The summed E-state index contributed by atoms with van der Waals surface area (Å²) in [5, 5.41) is 0. The summed E-state index contributed by atoms with van der Waals surface area (Å²) >= 11 is 5.72. The highest BCUT2D eigenvalue weighted by Crippen LogP contribution is 2.14. The maximum atomic E-state index is 11.5. The summed E-state index contributed by atoms with van der Waals surface area (Å²) in [6.45, 7) is 7.19. The average Bonchev–Trinajstić information content (AvgIpc) is 2.44. The second kappa shape index (κ2) is 8.84. The molecule has 0 bridgehead atoms. The lowest BCUT2D eigenvalue weighted by molar-refractivity contribution is -0.289. The first kappa shape index (κ1) is 17.7. The number of ether oxygens (including phenoxy) is 1. The van der Waals surface area contributed by atoms with Crippen LogP contribution >= 0.6 is 11.8 Å². The summed E-state index contributed by atoms with van der Waals surface area (Å²) in [5.41, 5.74) is 3.61. The third-order valence-electron chi connectivity index (χ3n) is 2.52. The van der Waals surface area contributed by atoms with Crippen LogP contribution in [0.5, 0.6) is 5.75 Å². The van der Waals surface area contributed by atoms with Gasteiger partial charge in [-0.1, -0.05) is 19.1 Å². The Labute approximate surface area is 129 Å². The van der Waals surface area contributed by atoms with Gasteiger partial charge >= 0.3 is 5.97 Å². The number of hydrogen-bond donors (Lipinski definition) is 1. The molecule has 1 unspecified atom stereocenters. The molecule has 21 heavy (non-hydrogen) atoms. The standard InChI is InChI=1S/C14H21ClN2O4/c1-5-12-6-8-13(9-7-12)20-17(15)21-16-11(4)14(18)19-10(2)3/h6-11,16H,5H2,1-4H3. The molecule has 0 aliphatic carbocycles. The van der Waals surface area contributed by atoms with E-state index in [1.807, 2.05) is 12.1 Å². The van der Waals surface area contributed by atoms with E-state index in [9.17, 15) is 4.79 Å². The topological polar surface area (TPSA) is 60.0 Å². The van der Waals surface area contributed by atoms with Crippen molar-refractivity contribution in [3.05, 3.63) is 29.8 Å². The molecule has 0 saturated carbocycles. The highest BCUT2D eigenvalue weighted by molar-refractivity contribution is 6.11. The zero-order valence-electron chi connectivity index (χ0n) is 12.6. The number of aryl methyl sites for hydroxylation is 1. The molecular formula is C14H21ClN2O4. The van der Waals surface area contributed by atoms with E-state index < -0.39 is 12.0 Å². The average molecular weight is 317 g/mol. The molecule has 7 heteroatoms. The minimum Gasteiger partial charge on any atom is -0.462 e. The van der Waals surface area contributed by atoms with E-state index in [1.165, 1.54) is 5.56 Å². The first-order chi connectivity index (χ1) is 9.92. The van der Waals surface area contributed by atoms with Crippen LogP contribution in [0, 0.1) is 0 Å². The van der Waals surface area contributed by atoms with Gasteiger partial charge in [-0.05, 0) is 44.9 Å². The van der Waals surface area contributed by atoms with Crippen LogP contribution < -0.4 is 10.3 Å². The molecule has 1 N–H and O–H groups in total. The molecule has 0 aliphatic rings. The summed E-state index contributed by atoms with van der Waals surface area (Å²) in [6.07, 6.45) is 0.750. The summed E-state index contributed by atoms with van der Waals surface area (Å²) in [5.74, 6) is 0.0729. The van der Waals surface area contributed by atoms with Gasteiger partial charge in [-0.25, -0.2) is 0 Å². The van der Waals surface area contributed by atoms with E-state index in [-0.39, 0.29) is 6.10 Å². The molecule has 1 aromatic rings. The zero-order chi connectivity index (χ0) is 15.8. The fourth-order valence-electron chi connectivity index (χ4n) is 1.39. The number of hydroxylamine groups is 1. The van der Waals surface area contributed by atoms with Crippen molar-refractivity contribution < 1.29 is 19.3 Å². The Kier molecular flexibility index (Phi) is 7.45. The first-order valence-corrected chi connectivity index (χ1v) is 7.12. The summed E-state index contributed by atoms with van der Waals surface area (Å²) in [7, 11) is 0. The van der Waals surface area contributed by atoms with Gasteiger partial charge in [0, 0.05) is 0 Å². The van der Waals surface area contributed by atoms with Crippen molar-refractivity contribution in [2.75, 3.05) is 0 Å². The van der Waals surface area contributed by atoms with E-state index in [2.05, 4.69) is 12.4 Å². The van der Waals surface area contributed by atoms with E-state index in [4.69, 9.17) is 26.3 Å². The van der Waals surface area contributed by atoms with Crippen LogP contribution in [0.2, 0.25) is 0 Å². The molecule has 0 fully saturated rings. The van der Waals surface area contributed by atoms with Gasteiger partial charge in [-0.2, -0.15) is 10.4 Å². The van der Waals surface area contributed by atoms with E-state index in [0.717, 1.165) is 6.42 Å². The monoisotopic (exact) mass is 316 g/mol. The highest BCUT2D eigenvalue weighted by Gasteiger charge is 2.17. The SMILES string of the molecule is CCc1ccc(ON(Cl)ONC(C)C(=O)OC(C)C)cc1. The molecule has 1 aromatic carbocycles. The second-order valence-electron chi connectivity index (χ2n) is 4.72. The van der Waals surface area contributed by atoms with Crippen LogP contribution in [0.4, 0.5) is 0 Å². The number of carbonyl (C=O) groups is 1. The molecule has 1 atom stereocenters. The van der Waals surface area contributed by atoms with Crippen LogP contribution in [0.1, 0.15) is 33.3 Å². The van der Waals surface area contributed by atoms with Crippen LogP contribution in [0.25, 0.3) is 0 Å². The minimum absolute atomic E-state index is 0.192.